The Hall–Kier alpha value is -2.03. The van der Waals surface area contributed by atoms with Gasteiger partial charge in [-0.2, -0.15) is 0 Å². The lowest BCUT2D eigenvalue weighted by atomic mass is 10.1. The fourth-order valence-electron chi connectivity index (χ4n) is 2.21. The number of rotatable bonds is 7. The SMILES string of the molecule is CC(=O)c1ccc(S(=O)(=O)NCC(=O)NCc2cccc(C)c2Br)cc1. The second-order valence-corrected chi connectivity index (χ2v) is 8.29. The molecule has 0 aliphatic heterocycles. The van der Waals surface area contributed by atoms with Crippen LogP contribution in [0.2, 0.25) is 0 Å². The molecule has 0 saturated carbocycles. The monoisotopic (exact) mass is 438 g/mol. The van der Waals surface area contributed by atoms with Gasteiger partial charge in [0, 0.05) is 16.6 Å². The lowest BCUT2D eigenvalue weighted by Gasteiger charge is -2.10. The zero-order valence-electron chi connectivity index (χ0n) is 14.4. The first-order valence-electron chi connectivity index (χ1n) is 7.82. The Labute approximate surface area is 161 Å². The van der Waals surface area contributed by atoms with E-state index in [9.17, 15) is 18.0 Å². The van der Waals surface area contributed by atoms with E-state index in [4.69, 9.17) is 0 Å². The molecule has 0 fully saturated rings. The van der Waals surface area contributed by atoms with Crippen LogP contribution < -0.4 is 10.0 Å². The van der Waals surface area contributed by atoms with Crippen LogP contribution in [0.25, 0.3) is 0 Å². The Morgan fingerprint density at radius 1 is 1.08 bits per heavy atom. The van der Waals surface area contributed by atoms with Gasteiger partial charge in [-0.05, 0) is 37.1 Å². The molecule has 1 amide bonds. The summed E-state index contributed by atoms with van der Waals surface area (Å²) < 4.78 is 27.6. The van der Waals surface area contributed by atoms with E-state index in [-0.39, 0.29) is 23.8 Å². The third kappa shape index (κ3) is 5.23. The summed E-state index contributed by atoms with van der Waals surface area (Å²) in [6, 6.07) is 11.2. The summed E-state index contributed by atoms with van der Waals surface area (Å²) in [5, 5.41) is 2.67. The molecule has 8 heteroatoms. The number of ketones is 1. The molecule has 0 aromatic heterocycles. The molecule has 2 aromatic rings. The number of aryl methyl sites for hydroxylation is 1. The third-order valence-electron chi connectivity index (χ3n) is 3.74. The molecule has 6 nitrogen and oxygen atoms in total. The number of nitrogens with one attached hydrogen (secondary N) is 2. The van der Waals surface area contributed by atoms with E-state index < -0.39 is 15.9 Å². The second kappa shape index (κ2) is 8.57. The van der Waals surface area contributed by atoms with Crippen molar-refractivity contribution in [2.45, 2.75) is 25.3 Å². The molecular weight excluding hydrogens is 420 g/mol. The van der Waals surface area contributed by atoms with Crippen LogP contribution in [0.1, 0.15) is 28.4 Å². The topological polar surface area (TPSA) is 92.3 Å². The molecule has 138 valence electrons. The Morgan fingerprint density at radius 3 is 2.35 bits per heavy atom. The highest BCUT2D eigenvalue weighted by atomic mass is 79.9. The molecule has 0 saturated heterocycles. The van der Waals surface area contributed by atoms with Crippen molar-refractivity contribution >= 4 is 37.6 Å². The van der Waals surface area contributed by atoms with Crippen molar-refractivity contribution in [2.24, 2.45) is 0 Å². The van der Waals surface area contributed by atoms with Crippen molar-refractivity contribution in [3.8, 4) is 0 Å². The fraction of sp³-hybridized carbons (Fsp3) is 0.222. The number of hydrogen-bond acceptors (Lipinski definition) is 4. The van der Waals surface area contributed by atoms with Gasteiger partial charge in [0.25, 0.3) is 0 Å². The second-order valence-electron chi connectivity index (χ2n) is 5.73. The van der Waals surface area contributed by atoms with Crippen LogP contribution in [-0.2, 0) is 21.4 Å². The standard InChI is InChI=1S/C18H19BrN2O4S/c1-12-4-3-5-15(18(12)19)10-20-17(23)11-21-26(24,25)16-8-6-14(7-9-16)13(2)22/h3-9,21H,10-11H2,1-2H3,(H,20,23). The average molecular weight is 439 g/mol. The third-order valence-corrected chi connectivity index (χ3v) is 6.29. The van der Waals surface area contributed by atoms with Gasteiger partial charge in [0.15, 0.2) is 5.78 Å². The minimum Gasteiger partial charge on any atom is -0.351 e. The maximum atomic E-state index is 12.2. The number of hydrogen-bond donors (Lipinski definition) is 2. The maximum Gasteiger partial charge on any atom is 0.241 e. The molecule has 0 spiro atoms. The van der Waals surface area contributed by atoms with Crippen LogP contribution in [0.5, 0.6) is 0 Å². The fourth-order valence-corrected chi connectivity index (χ4v) is 3.60. The van der Waals surface area contributed by atoms with E-state index in [1.165, 1.54) is 31.2 Å². The minimum atomic E-state index is -3.83. The Bertz CT molecular complexity index is 925. The van der Waals surface area contributed by atoms with Crippen LogP contribution in [0, 0.1) is 6.92 Å². The van der Waals surface area contributed by atoms with Crippen LogP contribution in [0.15, 0.2) is 51.8 Å². The highest BCUT2D eigenvalue weighted by Gasteiger charge is 2.16. The van der Waals surface area contributed by atoms with Crippen LogP contribution in [0.4, 0.5) is 0 Å². The highest BCUT2D eigenvalue weighted by molar-refractivity contribution is 9.10. The molecule has 0 aliphatic carbocycles. The Morgan fingerprint density at radius 2 is 1.73 bits per heavy atom. The molecule has 26 heavy (non-hydrogen) atoms. The van der Waals surface area contributed by atoms with Gasteiger partial charge in [-0.1, -0.05) is 46.3 Å². The van der Waals surface area contributed by atoms with Gasteiger partial charge in [0.1, 0.15) is 0 Å². The van der Waals surface area contributed by atoms with Gasteiger partial charge < -0.3 is 5.32 Å². The van der Waals surface area contributed by atoms with Crippen molar-refractivity contribution in [3.63, 3.8) is 0 Å². The van der Waals surface area contributed by atoms with E-state index in [2.05, 4.69) is 26.0 Å². The van der Waals surface area contributed by atoms with Crippen molar-refractivity contribution in [1.82, 2.24) is 10.0 Å². The average Bonchev–Trinajstić information content (AvgIpc) is 2.61. The van der Waals surface area contributed by atoms with E-state index in [1.807, 2.05) is 25.1 Å². The summed E-state index contributed by atoms with van der Waals surface area (Å²) in [5.74, 6) is -0.592. The van der Waals surface area contributed by atoms with Crippen molar-refractivity contribution in [2.75, 3.05) is 6.54 Å². The summed E-state index contributed by atoms with van der Waals surface area (Å²) in [6.45, 7) is 3.26. The number of sulfonamides is 1. The quantitative estimate of drug-likeness (QED) is 0.649. The van der Waals surface area contributed by atoms with Gasteiger partial charge in [-0.3, -0.25) is 9.59 Å². The van der Waals surface area contributed by atoms with Crippen LogP contribution in [-0.4, -0.2) is 26.7 Å². The van der Waals surface area contributed by atoms with Gasteiger partial charge in [-0.25, -0.2) is 13.1 Å². The molecular formula is C18H19BrN2O4S. The van der Waals surface area contributed by atoms with E-state index >= 15 is 0 Å². The normalized spacial score (nSPS) is 11.2. The first kappa shape index (κ1) is 20.3. The predicted molar refractivity (Wildman–Crippen MR) is 102 cm³/mol. The summed E-state index contributed by atoms with van der Waals surface area (Å²) in [6.07, 6.45) is 0. The van der Waals surface area contributed by atoms with E-state index in [0.29, 0.717) is 5.56 Å². The predicted octanol–water partition coefficient (Wildman–Crippen LogP) is 2.55. The van der Waals surface area contributed by atoms with Crippen molar-refractivity contribution in [3.05, 3.63) is 63.6 Å². The molecule has 0 bridgehead atoms. The first-order valence-corrected chi connectivity index (χ1v) is 10.1. The molecule has 0 heterocycles. The van der Waals surface area contributed by atoms with Crippen molar-refractivity contribution in [1.29, 1.82) is 0 Å². The number of carbonyl (C=O) groups is 2. The van der Waals surface area contributed by atoms with Crippen LogP contribution >= 0.6 is 15.9 Å². The number of carbonyl (C=O) groups excluding carboxylic acids is 2. The van der Waals surface area contributed by atoms with E-state index in [1.54, 1.807) is 0 Å². The molecule has 0 radical (unpaired) electrons. The van der Waals surface area contributed by atoms with Gasteiger partial charge in [0.05, 0.1) is 11.4 Å². The van der Waals surface area contributed by atoms with Crippen molar-refractivity contribution < 1.29 is 18.0 Å². The Kier molecular flexibility index (Phi) is 6.69. The highest BCUT2D eigenvalue weighted by Crippen LogP contribution is 2.20. The van der Waals surface area contributed by atoms with E-state index in [0.717, 1.165) is 15.6 Å². The van der Waals surface area contributed by atoms with Gasteiger partial charge >= 0.3 is 0 Å². The number of benzene rings is 2. The molecule has 0 atom stereocenters. The zero-order valence-corrected chi connectivity index (χ0v) is 16.8. The van der Waals surface area contributed by atoms with Gasteiger partial charge in [-0.15, -0.1) is 0 Å². The maximum absolute atomic E-state index is 12.2. The number of halogens is 1. The lowest BCUT2D eigenvalue weighted by Crippen LogP contribution is -2.36. The zero-order chi connectivity index (χ0) is 19.3. The molecule has 2 aromatic carbocycles. The first-order chi connectivity index (χ1) is 12.2. The number of amides is 1. The van der Waals surface area contributed by atoms with Crippen LogP contribution in [0.3, 0.4) is 0 Å². The summed E-state index contributed by atoms with van der Waals surface area (Å²) >= 11 is 3.46. The summed E-state index contributed by atoms with van der Waals surface area (Å²) in [5.41, 5.74) is 2.37. The largest absolute Gasteiger partial charge is 0.351 e. The number of Topliss-reactive ketones (excluding diaryl/α,β-unsaturated/α-hetero) is 1. The molecule has 2 rings (SSSR count). The Balaban J connectivity index is 1.93. The smallest absolute Gasteiger partial charge is 0.241 e. The molecule has 0 unspecified atom stereocenters. The summed E-state index contributed by atoms with van der Waals surface area (Å²) in [4.78, 5) is 23.2. The lowest BCUT2D eigenvalue weighted by molar-refractivity contribution is -0.120. The molecule has 2 N–H and O–H groups in total. The molecule has 0 aliphatic rings. The minimum absolute atomic E-state index is 0.00303. The summed E-state index contributed by atoms with van der Waals surface area (Å²) in [7, 11) is -3.83. The van der Waals surface area contributed by atoms with Gasteiger partial charge in [0.2, 0.25) is 15.9 Å².